The number of nitriles is 1. The maximum atomic E-state index is 12.5. The van der Waals surface area contributed by atoms with Crippen LogP contribution in [-0.2, 0) is 16.1 Å². The average Bonchev–Trinajstić information content (AvgIpc) is 3.28. The highest BCUT2D eigenvalue weighted by Gasteiger charge is 2.29. The van der Waals surface area contributed by atoms with E-state index in [4.69, 9.17) is 10.1 Å². The Kier molecular flexibility index (Phi) is 5.39. The van der Waals surface area contributed by atoms with Gasteiger partial charge in [0.15, 0.2) is 0 Å². The summed E-state index contributed by atoms with van der Waals surface area (Å²) in [6.45, 7) is 0. The molecule has 7 nitrogen and oxygen atoms in total. The van der Waals surface area contributed by atoms with Gasteiger partial charge in [-0.15, -0.1) is 0 Å². The molecule has 0 bridgehead atoms. The number of phenolic OH excluding ortho intramolecular Hbond substituents is 1. The van der Waals surface area contributed by atoms with Crippen LogP contribution in [0.3, 0.4) is 0 Å². The molecule has 0 spiro atoms. The normalized spacial score (nSPS) is 15.0. The van der Waals surface area contributed by atoms with Gasteiger partial charge in [-0.1, -0.05) is 29.4 Å². The van der Waals surface area contributed by atoms with Crippen molar-refractivity contribution in [3.05, 3.63) is 89.2 Å². The molecule has 0 fully saturated rings. The fraction of sp³-hybridized carbons (Fsp3) is 0.130. The zero-order valence-corrected chi connectivity index (χ0v) is 15.9. The molecular weight excluding hydrogens is 380 g/mol. The van der Waals surface area contributed by atoms with Gasteiger partial charge in [0, 0.05) is 36.5 Å². The predicted octanol–water partition coefficient (Wildman–Crippen LogP) is 3.38. The van der Waals surface area contributed by atoms with Crippen molar-refractivity contribution in [2.24, 2.45) is 5.16 Å². The number of aromatic hydroxyl groups is 1. The Labute approximate surface area is 173 Å². The van der Waals surface area contributed by atoms with Crippen LogP contribution in [0.25, 0.3) is 0 Å². The van der Waals surface area contributed by atoms with Gasteiger partial charge in [-0.05, 0) is 41.5 Å². The van der Waals surface area contributed by atoms with Crippen LogP contribution in [0.5, 0.6) is 5.75 Å². The van der Waals surface area contributed by atoms with E-state index < -0.39 is 6.10 Å². The number of hydrogen-bond acceptors (Lipinski definition) is 6. The minimum atomic E-state index is -0.689. The van der Waals surface area contributed by atoms with E-state index in [0.717, 1.165) is 11.1 Å². The van der Waals surface area contributed by atoms with E-state index in [1.807, 2.05) is 30.3 Å². The Bertz CT molecular complexity index is 1140. The minimum absolute atomic E-state index is 0.000168. The van der Waals surface area contributed by atoms with Crippen molar-refractivity contribution in [2.75, 3.05) is 5.32 Å². The third kappa shape index (κ3) is 4.13. The van der Waals surface area contributed by atoms with Crippen molar-refractivity contribution < 1.29 is 14.7 Å². The number of pyridine rings is 1. The summed E-state index contributed by atoms with van der Waals surface area (Å²) >= 11 is 0. The topological polar surface area (TPSA) is 108 Å². The third-order valence-corrected chi connectivity index (χ3v) is 4.81. The smallest absolute Gasteiger partial charge is 0.268 e. The van der Waals surface area contributed by atoms with Gasteiger partial charge < -0.3 is 15.3 Å². The van der Waals surface area contributed by atoms with Gasteiger partial charge in [0.05, 0.1) is 11.3 Å². The SMILES string of the molecule is N#Cc1cccc(Cc2ccc(NC(=O)C3CC(c4cccnc4)=NO3)cc2)c1O. The highest BCUT2D eigenvalue weighted by molar-refractivity contribution is 6.05. The number of benzene rings is 2. The van der Waals surface area contributed by atoms with Crippen molar-refractivity contribution in [3.63, 3.8) is 0 Å². The quantitative estimate of drug-likeness (QED) is 0.685. The summed E-state index contributed by atoms with van der Waals surface area (Å²) in [5.74, 6) is -0.273. The van der Waals surface area contributed by atoms with E-state index in [1.54, 1.807) is 42.7 Å². The molecule has 1 amide bonds. The van der Waals surface area contributed by atoms with Crippen LogP contribution in [0.15, 0.2) is 72.1 Å². The molecule has 0 aliphatic carbocycles. The van der Waals surface area contributed by atoms with Gasteiger partial charge >= 0.3 is 0 Å². The van der Waals surface area contributed by atoms with Crippen LogP contribution in [0.2, 0.25) is 0 Å². The Morgan fingerprint density at radius 3 is 2.77 bits per heavy atom. The van der Waals surface area contributed by atoms with Gasteiger partial charge in [-0.2, -0.15) is 5.26 Å². The number of nitrogens with one attached hydrogen (secondary N) is 1. The average molecular weight is 398 g/mol. The molecular formula is C23H18N4O3. The number of aromatic nitrogens is 1. The molecule has 1 atom stereocenters. The lowest BCUT2D eigenvalue weighted by atomic mass is 10.0. The summed E-state index contributed by atoms with van der Waals surface area (Å²) in [5.41, 5.74) is 4.03. The Morgan fingerprint density at radius 1 is 1.20 bits per heavy atom. The fourth-order valence-corrected chi connectivity index (χ4v) is 3.19. The van der Waals surface area contributed by atoms with Crippen molar-refractivity contribution in [1.29, 1.82) is 5.26 Å². The zero-order chi connectivity index (χ0) is 20.9. The van der Waals surface area contributed by atoms with Crippen LogP contribution >= 0.6 is 0 Å². The van der Waals surface area contributed by atoms with E-state index in [1.165, 1.54) is 0 Å². The van der Waals surface area contributed by atoms with Gasteiger partial charge in [0.2, 0.25) is 6.10 Å². The lowest BCUT2D eigenvalue weighted by Crippen LogP contribution is -2.28. The number of hydrogen-bond donors (Lipinski definition) is 2. The minimum Gasteiger partial charge on any atom is -0.506 e. The molecule has 1 unspecified atom stereocenters. The second kappa shape index (κ2) is 8.45. The second-order valence-corrected chi connectivity index (χ2v) is 6.87. The number of carbonyl (C=O) groups excluding carboxylic acids is 1. The first-order valence-corrected chi connectivity index (χ1v) is 9.38. The maximum absolute atomic E-state index is 12.5. The first-order valence-electron chi connectivity index (χ1n) is 9.38. The molecule has 7 heteroatoms. The number of oxime groups is 1. The monoisotopic (exact) mass is 398 g/mol. The summed E-state index contributed by atoms with van der Waals surface area (Å²) in [7, 11) is 0. The molecule has 1 aromatic heterocycles. The standard InChI is InChI=1S/C23H18N4O3/c24-13-17-4-1-3-16(22(17)28)11-15-6-8-19(9-7-15)26-23(29)21-12-20(27-30-21)18-5-2-10-25-14-18/h1-10,14,21,28H,11-12H2,(H,26,29). The molecule has 1 aliphatic heterocycles. The number of carbonyl (C=O) groups is 1. The van der Waals surface area contributed by atoms with Crippen molar-refractivity contribution in [2.45, 2.75) is 18.9 Å². The number of para-hydroxylation sites is 1. The number of amides is 1. The van der Waals surface area contributed by atoms with Crippen molar-refractivity contribution >= 4 is 17.3 Å². The van der Waals surface area contributed by atoms with Crippen LogP contribution < -0.4 is 5.32 Å². The highest BCUT2D eigenvalue weighted by atomic mass is 16.6. The molecule has 148 valence electrons. The maximum Gasteiger partial charge on any atom is 0.268 e. The molecule has 2 aromatic carbocycles. The summed E-state index contributed by atoms with van der Waals surface area (Å²) in [4.78, 5) is 21.8. The number of nitrogens with zero attached hydrogens (tertiary/aromatic N) is 3. The van der Waals surface area contributed by atoms with Gasteiger partial charge in [0.1, 0.15) is 11.8 Å². The number of anilines is 1. The molecule has 2 N–H and O–H groups in total. The molecule has 0 radical (unpaired) electrons. The van der Waals surface area contributed by atoms with Gasteiger partial charge in [0.25, 0.3) is 5.91 Å². The van der Waals surface area contributed by atoms with Crippen LogP contribution in [0.1, 0.15) is 28.7 Å². The molecule has 30 heavy (non-hydrogen) atoms. The van der Waals surface area contributed by atoms with Gasteiger partial charge in [-0.3, -0.25) is 9.78 Å². The molecule has 1 aliphatic rings. The Hall–Kier alpha value is -4.18. The fourth-order valence-electron chi connectivity index (χ4n) is 3.19. The van der Waals surface area contributed by atoms with Crippen molar-refractivity contribution in [3.8, 4) is 11.8 Å². The first-order chi connectivity index (χ1) is 14.6. The lowest BCUT2D eigenvalue weighted by Gasteiger charge is -2.11. The largest absolute Gasteiger partial charge is 0.506 e. The van der Waals surface area contributed by atoms with E-state index in [-0.39, 0.29) is 17.2 Å². The third-order valence-electron chi connectivity index (χ3n) is 4.81. The Morgan fingerprint density at radius 2 is 2.03 bits per heavy atom. The molecule has 2 heterocycles. The molecule has 4 rings (SSSR count). The van der Waals surface area contributed by atoms with E-state index in [9.17, 15) is 9.90 Å². The van der Waals surface area contributed by atoms with E-state index >= 15 is 0 Å². The summed E-state index contributed by atoms with van der Waals surface area (Å²) in [6.07, 6.45) is 3.53. The summed E-state index contributed by atoms with van der Waals surface area (Å²) in [6, 6.07) is 18.1. The molecule has 0 saturated carbocycles. The number of phenols is 1. The van der Waals surface area contributed by atoms with Crippen LogP contribution in [0, 0.1) is 11.3 Å². The zero-order valence-electron chi connectivity index (χ0n) is 15.9. The Balaban J connectivity index is 1.36. The van der Waals surface area contributed by atoms with Gasteiger partial charge in [-0.25, -0.2) is 0 Å². The highest BCUT2D eigenvalue weighted by Crippen LogP contribution is 2.25. The molecule has 0 saturated heterocycles. The first kappa shape index (κ1) is 19.2. The van der Waals surface area contributed by atoms with Crippen LogP contribution in [0.4, 0.5) is 5.69 Å². The number of rotatable bonds is 5. The summed E-state index contributed by atoms with van der Waals surface area (Å²) in [5, 5.41) is 26.0. The van der Waals surface area contributed by atoms with E-state index in [2.05, 4.69) is 15.5 Å². The lowest BCUT2D eigenvalue weighted by molar-refractivity contribution is -0.125. The van der Waals surface area contributed by atoms with Crippen molar-refractivity contribution in [1.82, 2.24) is 4.98 Å². The molecule has 3 aromatic rings. The predicted molar refractivity (Wildman–Crippen MR) is 111 cm³/mol. The summed E-state index contributed by atoms with van der Waals surface area (Å²) < 4.78 is 0. The second-order valence-electron chi connectivity index (χ2n) is 6.87. The van der Waals surface area contributed by atoms with Crippen LogP contribution in [-0.4, -0.2) is 27.8 Å². The van der Waals surface area contributed by atoms with E-state index in [0.29, 0.717) is 29.8 Å².